The molecule has 0 bridgehead atoms. The van der Waals surface area contributed by atoms with Crippen LogP contribution in [-0.2, 0) is 11.2 Å². The molecule has 0 atom stereocenters. The van der Waals surface area contributed by atoms with Gasteiger partial charge in [0.05, 0.1) is 6.42 Å². The summed E-state index contributed by atoms with van der Waals surface area (Å²) in [6, 6.07) is 1.56. The number of carboxylic acid groups (broad SMARTS) is 1. The Morgan fingerprint density at radius 3 is 2.92 bits per heavy atom. The second-order valence-electron chi connectivity index (χ2n) is 2.13. The fourth-order valence-corrected chi connectivity index (χ4v) is 1.55. The van der Waals surface area contributed by atoms with E-state index in [1.807, 2.05) is 0 Å². The first-order chi connectivity index (χ1) is 5.61. The second kappa shape index (κ2) is 3.87. The lowest BCUT2D eigenvalue weighted by Crippen LogP contribution is -2.02. The monoisotopic (exact) mass is 249 g/mol. The van der Waals surface area contributed by atoms with E-state index in [-0.39, 0.29) is 6.42 Å². The Hall–Kier alpha value is -0.610. The maximum atomic E-state index is 10.4. The molecule has 0 saturated carbocycles. The number of hydrogen-bond donors (Lipinski definition) is 1. The highest BCUT2D eigenvalue weighted by Crippen LogP contribution is 2.22. The number of aliphatic carboxylic acids is 1. The second-order valence-corrected chi connectivity index (χ2v) is 3.29. The molecular weight excluding hydrogens is 245 g/mol. The largest absolute Gasteiger partial charge is 0.481 e. The molecule has 0 amide bonds. The minimum atomic E-state index is -0.925. The highest BCUT2D eigenvalue weighted by molar-refractivity contribution is 9.10. The molecule has 0 aliphatic rings. The van der Waals surface area contributed by atoms with Gasteiger partial charge in [-0.3, -0.25) is 4.79 Å². The van der Waals surface area contributed by atoms with E-state index in [2.05, 4.69) is 20.9 Å². The van der Waals surface area contributed by atoms with Crippen LogP contribution < -0.4 is 0 Å². The fourth-order valence-electron chi connectivity index (χ4n) is 0.754. The predicted octanol–water partition coefficient (Wildman–Crippen LogP) is 2.12. The van der Waals surface area contributed by atoms with Crippen molar-refractivity contribution in [1.82, 2.24) is 4.98 Å². The predicted molar refractivity (Wildman–Crippen MR) is 48.3 cm³/mol. The van der Waals surface area contributed by atoms with Gasteiger partial charge in [-0.1, -0.05) is 11.6 Å². The van der Waals surface area contributed by atoms with Crippen LogP contribution in [0.25, 0.3) is 0 Å². The summed E-state index contributed by atoms with van der Waals surface area (Å²) >= 11 is 8.86. The van der Waals surface area contributed by atoms with E-state index >= 15 is 0 Å². The highest BCUT2D eigenvalue weighted by atomic mass is 79.9. The van der Waals surface area contributed by atoms with E-state index in [9.17, 15) is 4.79 Å². The van der Waals surface area contributed by atoms with Crippen LogP contribution in [-0.4, -0.2) is 16.1 Å². The fraction of sp³-hybridized carbons (Fsp3) is 0.143. The minimum Gasteiger partial charge on any atom is -0.481 e. The Bertz CT molecular complexity index is 296. The molecule has 1 N–H and O–H groups in total. The Kier molecular flexibility index (Phi) is 3.05. The van der Waals surface area contributed by atoms with Gasteiger partial charge in [-0.25, -0.2) is 4.98 Å². The average molecular weight is 250 g/mol. The third kappa shape index (κ3) is 2.19. The molecule has 0 spiro atoms. The lowest BCUT2D eigenvalue weighted by atomic mass is 10.2. The van der Waals surface area contributed by atoms with Crippen molar-refractivity contribution in [3.05, 3.63) is 27.5 Å². The molecule has 1 rings (SSSR count). The molecule has 5 heteroatoms. The number of carbonyl (C=O) groups is 1. The van der Waals surface area contributed by atoms with Crippen LogP contribution in [0, 0.1) is 0 Å². The smallest absolute Gasteiger partial charge is 0.307 e. The van der Waals surface area contributed by atoms with E-state index in [0.29, 0.717) is 15.2 Å². The van der Waals surface area contributed by atoms with Gasteiger partial charge in [0.2, 0.25) is 0 Å². The highest BCUT2D eigenvalue weighted by Gasteiger charge is 2.09. The normalized spacial score (nSPS) is 9.83. The summed E-state index contributed by atoms with van der Waals surface area (Å²) in [5, 5.41) is 8.92. The summed E-state index contributed by atoms with van der Waals surface area (Å²) in [4.78, 5) is 14.2. The standard InChI is InChI=1S/C7H5BrClNO2/c8-7-4(3-6(11)12)5(9)1-2-10-7/h1-2H,3H2,(H,11,12). The van der Waals surface area contributed by atoms with Crippen molar-refractivity contribution in [2.45, 2.75) is 6.42 Å². The summed E-state index contributed by atoms with van der Waals surface area (Å²) in [6.07, 6.45) is 1.39. The van der Waals surface area contributed by atoms with Crippen molar-refractivity contribution >= 4 is 33.5 Å². The van der Waals surface area contributed by atoms with Gasteiger partial charge in [-0.2, -0.15) is 0 Å². The Morgan fingerprint density at radius 2 is 2.42 bits per heavy atom. The zero-order valence-electron chi connectivity index (χ0n) is 5.92. The van der Waals surface area contributed by atoms with E-state index in [1.54, 1.807) is 6.07 Å². The minimum absolute atomic E-state index is 0.118. The molecule has 1 aromatic rings. The molecule has 0 aliphatic carbocycles. The van der Waals surface area contributed by atoms with Gasteiger partial charge in [0.1, 0.15) is 4.60 Å². The molecule has 0 saturated heterocycles. The number of nitrogens with zero attached hydrogens (tertiary/aromatic N) is 1. The zero-order valence-corrected chi connectivity index (χ0v) is 8.26. The van der Waals surface area contributed by atoms with Crippen molar-refractivity contribution in [3.8, 4) is 0 Å². The number of aromatic nitrogens is 1. The van der Waals surface area contributed by atoms with E-state index in [1.165, 1.54) is 6.20 Å². The van der Waals surface area contributed by atoms with Crippen LogP contribution in [0.2, 0.25) is 5.02 Å². The van der Waals surface area contributed by atoms with Crippen LogP contribution in [0.1, 0.15) is 5.56 Å². The van der Waals surface area contributed by atoms with Crippen LogP contribution in [0.5, 0.6) is 0 Å². The van der Waals surface area contributed by atoms with Gasteiger partial charge in [-0.05, 0) is 22.0 Å². The number of pyridine rings is 1. The lowest BCUT2D eigenvalue weighted by molar-refractivity contribution is -0.136. The Balaban J connectivity index is 3.04. The Morgan fingerprint density at radius 1 is 1.75 bits per heavy atom. The first kappa shape index (κ1) is 9.48. The van der Waals surface area contributed by atoms with Gasteiger partial charge in [-0.15, -0.1) is 0 Å². The first-order valence-electron chi connectivity index (χ1n) is 3.12. The lowest BCUT2D eigenvalue weighted by Gasteiger charge is -2.01. The molecular formula is C7H5BrClNO2. The van der Waals surface area contributed by atoms with Crippen LogP contribution in [0.4, 0.5) is 0 Å². The number of hydrogen-bond acceptors (Lipinski definition) is 2. The molecule has 0 fully saturated rings. The number of halogens is 2. The summed E-state index contributed by atoms with van der Waals surface area (Å²) < 4.78 is 0.484. The van der Waals surface area contributed by atoms with Crippen LogP contribution in [0.3, 0.4) is 0 Å². The maximum Gasteiger partial charge on any atom is 0.307 e. The molecule has 0 aliphatic heterocycles. The molecule has 64 valence electrons. The van der Waals surface area contributed by atoms with Crippen LogP contribution in [0.15, 0.2) is 16.9 Å². The average Bonchev–Trinajstić information content (AvgIpc) is 1.97. The molecule has 0 radical (unpaired) electrons. The molecule has 1 aromatic heterocycles. The van der Waals surface area contributed by atoms with E-state index in [4.69, 9.17) is 16.7 Å². The molecule has 12 heavy (non-hydrogen) atoms. The van der Waals surface area contributed by atoms with Gasteiger partial charge >= 0.3 is 5.97 Å². The molecule has 3 nitrogen and oxygen atoms in total. The first-order valence-corrected chi connectivity index (χ1v) is 4.29. The summed E-state index contributed by atoms with van der Waals surface area (Å²) in [5.41, 5.74) is 0.506. The topological polar surface area (TPSA) is 50.2 Å². The van der Waals surface area contributed by atoms with Crippen molar-refractivity contribution in [1.29, 1.82) is 0 Å². The maximum absolute atomic E-state index is 10.4. The molecule has 0 unspecified atom stereocenters. The van der Waals surface area contributed by atoms with Crippen molar-refractivity contribution in [2.75, 3.05) is 0 Å². The Labute approximate surface area is 82.5 Å². The van der Waals surface area contributed by atoms with Gasteiger partial charge < -0.3 is 5.11 Å². The third-order valence-corrected chi connectivity index (χ3v) is 2.31. The zero-order chi connectivity index (χ0) is 9.14. The van der Waals surface area contributed by atoms with E-state index in [0.717, 1.165) is 0 Å². The van der Waals surface area contributed by atoms with E-state index < -0.39 is 5.97 Å². The number of carboxylic acids is 1. The van der Waals surface area contributed by atoms with Gasteiger partial charge in [0.15, 0.2) is 0 Å². The van der Waals surface area contributed by atoms with Crippen LogP contribution >= 0.6 is 27.5 Å². The van der Waals surface area contributed by atoms with Crippen molar-refractivity contribution < 1.29 is 9.90 Å². The SMILES string of the molecule is O=C(O)Cc1c(Cl)ccnc1Br. The third-order valence-electron chi connectivity index (χ3n) is 1.27. The van der Waals surface area contributed by atoms with Crippen molar-refractivity contribution in [2.24, 2.45) is 0 Å². The molecule has 0 aromatic carbocycles. The molecule has 1 heterocycles. The summed E-state index contributed by atoms with van der Waals surface area (Å²) in [6.45, 7) is 0. The number of rotatable bonds is 2. The van der Waals surface area contributed by atoms with Gasteiger partial charge in [0.25, 0.3) is 0 Å². The van der Waals surface area contributed by atoms with Crippen molar-refractivity contribution in [3.63, 3.8) is 0 Å². The quantitative estimate of drug-likeness (QED) is 0.818. The summed E-state index contributed by atoms with van der Waals surface area (Å²) in [7, 11) is 0. The summed E-state index contributed by atoms with van der Waals surface area (Å²) in [5.74, 6) is -0.925. The van der Waals surface area contributed by atoms with Gasteiger partial charge in [0, 0.05) is 16.8 Å².